The third-order valence-corrected chi connectivity index (χ3v) is 2.26. The van der Waals surface area contributed by atoms with E-state index in [4.69, 9.17) is 15.2 Å². The summed E-state index contributed by atoms with van der Waals surface area (Å²) in [5.41, 5.74) is 0. The van der Waals surface area contributed by atoms with E-state index in [9.17, 15) is 13.2 Å². The van der Waals surface area contributed by atoms with Crippen molar-refractivity contribution in [3.63, 3.8) is 0 Å². The number of nitrogens with zero attached hydrogens (tertiary/aromatic N) is 2. The largest absolute Gasteiger partial charge is 0.490 e. The molecular weight excluding hydrogens is 213 g/mol. The summed E-state index contributed by atoms with van der Waals surface area (Å²) in [6.07, 6.45) is -3.95. The van der Waals surface area contributed by atoms with E-state index in [1.807, 2.05) is 0 Å². The average molecular weight is 222 g/mol. The van der Waals surface area contributed by atoms with Crippen LogP contribution in [0.3, 0.4) is 0 Å². The van der Waals surface area contributed by atoms with Gasteiger partial charge in [-0.15, -0.1) is 0 Å². The van der Waals surface area contributed by atoms with Gasteiger partial charge in [0.25, 0.3) is 0 Å². The van der Waals surface area contributed by atoms with Crippen molar-refractivity contribution in [3.05, 3.63) is 0 Å². The minimum atomic E-state index is -5.08. The highest BCUT2D eigenvalue weighted by Gasteiger charge is 2.43. The van der Waals surface area contributed by atoms with Gasteiger partial charge in [-0.1, -0.05) is 0 Å². The summed E-state index contributed by atoms with van der Waals surface area (Å²) in [4.78, 5) is 11.3. The molecule has 2 aliphatic heterocycles. The molecule has 0 bridgehead atoms. The maximum absolute atomic E-state index is 10.6. The third-order valence-electron chi connectivity index (χ3n) is 2.26. The van der Waals surface area contributed by atoms with Crippen molar-refractivity contribution in [2.75, 3.05) is 13.1 Å². The topological polar surface area (TPSA) is 64.1 Å². The van der Waals surface area contributed by atoms with Crippen LogP contribution in [0.15, 0.2) is 0 Å². The van der Waals surface area contributed by atoms with Crippen LogP contribution in [0, 0.1) is 17.2 Å². The molecule has 2 aliphatic rings. The van der Waals surface area contributed by atoms with Crippen LogP contribution in [0.1, 0.15) is 6.42 Å². The van der Waals surface area contributed by atoms with Crippen molar-refractivity contribution in [3.8, 4) is 6.07 Å². The SMILES string of the molecule is N#C[C@H]1CC2CN2C1.O=C(O)C(F)(F)F. The molecule has 2 fully saturated rings. The molecule has 0 aromatic carbocycles. The molecule has 0 aromatic rings. The van der Waals surface area contributed by atoms with E-state index >= 15 is 0 Å². The van der Waals surface area contributed by atoms with Gasteiger partial charge in [0.2, 0.25) is 0 Å². The number of nitriles is 1. The fourth-order valence-corrected chi connectivity index (χ4v) is 1.45. The monoisotopic (exact) mass is 222 g/mol. The smallest absolute Gasteiger partial charge is 0.475 e. The van der Waals surface area contributed by atoms with Crippen molar-refractivity contribution in [2.45, 2.75) is 18.6 Å². The van der Waals surface area contributed by atoms with E-state index in [0.717, 1.165) is 19.0 Å². The van der Waals surface area contributed by atoms with Crippen molar-refractivity contribution in [2.24, 2.45) is 5.92 Å². The number of carbonyl (C=O) groups is 1. The fourth-order valence-electron chi connectivity index (χ4n) is 1.45. The number of fused-ring (bicyclic) bond motifs is 1. The highest BCUT2D eigenvalue weighted by atomic mass is 19.4. The molecule has 15 heavy (non-hydrogen) atoms. The zero-order chi connectivity index (χ0) is 11.6. The first kappa shape index (κ1) is 11.8. The molecule has 2 heterocycles. The zero-order valence-electron chi connectivity index (χ0n) is 7.66. The Morgan fingerprint density at radius 2 is 2.00 bits per heavy atom. The molecule has 84 valence electrons. The van der Waals surface area contributed by atoms with Gasteiger partial charge < -0.3 is 5.11 Å². The summed E-state index contributed by atoms with van der Waals surface area (Å²) in [7, 11) is 0. The van der Waals surface area contributed by atoms with Crippen LogP contribution in [-0.2, 0) is 4.79 Å². The molecule has 0 radical (unpaired) electrons. The van der Waals surface area contributed by atoms with Gasteiger partial charge in [0, 0.05) is 19.1 Å². The Labute approximate surface area is 83.9 Å². The summed E-state index contributed by atoms with van der Waals surface area (Å²) < 4.78 is 31.7. The van der Waals surface area contributed by atoms with E-state index < -0.39 is 12.1 Å². The number of piperidine rings is 1. The molecule has 0 amide bonds. The summed E-state index contributed by atoms with van der Waals surface area (Å²) in [6.45, 7) is 2.30. The van der Waals surface area contributed by atoms with Crippen molar-refractivity contribution in [1.29, 1.82) is 5.26 Å². The fraction of sp³-hybridized carbons (Fsp3) is 0.750. The molecule has 3 atom stereocenters. The highest BCUT2D eigenvalue weighted by Crippen LogP contribution is 2.33. The Kier molecular flexibility index (Phi) is 3.19. The number of carboxylic acids is 1. The second kappa shape index (κ2) is 4.06. The first-order valence-corrected chi connectivity index (χ1v) is 4.28. The number of hydrogen-bond acceptors (Lipinski definition) is 3. The predicted octanol–water partition coefficient (Wildman–Crippen LogP) is 0.847. The summed E-state index contributed by atoms with van der Waals surface area (Å²) in [5.74, 6) is -2.40. The van der Waals surface area contributed by atoms with E-state index in [0.29, 0.717) is 5.92 Å². The van der Waals surface area contributed by atoms with E-state index in [1.54, 1.807) is 0 Å². The third kappa shape index (κ3) is 3.40. The van der Waals surface area contributed by atoms with Crippen LogP contribution < -0.4 is 0 Å². The first-order chi connectivity index (χ1) is 6.84. The lowest BCUT2D eigenvalue weighted by Gasteiger charge is -1.95. The van der Waals surface area contributed by atoms with E-state index in [1.165, 1.54) is 6.54 Å². The summed E-state index contributed by atoms with van der Waals surface area (Å²) in [6, 6.07) is 3.09. The zero-order valence-corrected chi connectivity index (χ0v) is 7.66. The quantitative estimate of drug-likeness (QED) is 0.617. The van der Waals surface area contributed by atoms with Gasteiger partial charge in [-0.3, -0.25) is 4.90 Å². The summed E-state index contributed by atoms with van der Waals surface area (Å²) >= 11 is 0. The second-order valence-electron chi connectivity index (χ2n) is 3.47. The van der Waals surface area contributed by atoms with Crippen LogP contribution in [0.25, 0.3) is 0 Å². The molecule has 0 aromatic heterocycles. The highest BCUT2D eigenvalue weighted by molar-refractivity contribution is 5.73. The minimum absolute atomic E-state index is 0.355. The van der Waals surface area contributed by atoms with Crippen LogP contribution in [0.5, 0.6) is 0 Å². The van der Waals surface area contributed by atoms with Crippen molar-refractivity contribution in [1.82, 2.24) is 4.90 Å². The van der Waals surface area contributed by atoms with Gasteiger partial charge in [0.1, 0.15) is 0 Å². The minimum Gasteiger partial charge on any atom is -0.475 e. The maximum atomic E-state index is 10.6. The Balaban J connectivity index is 0.000000153. The van der Waals surface area contributed by atoms with E-state index in [-0.39, 0.29) is 0 Å². The van der Waals surface area contributed by atoms with Gasteiger partial charge in [0.05, 0.1) is 12.0 Å². The first-order valence-electron chi connectivity index (χ1n) is 4.28. The van der Waals surface area contributed by atoms with Crippen LogP contribution in [-0.4, -0.2) is 41.3 Å². The molecule has 2 saturated heterocycles. The molecular formula is C8H9F3N2O2. The van der Waals surface area contributed by atoms with Crippen molar-refractivity contribution >= 4 is 5.97 Å². The molecule has 1 N–H and O–H groups in total. The number of alkyl halides is 3. The Morgan fingerprint density at radius 1 is 1.47 bits per heavy atom. The number of hydrogen-bond donors (Lipinski definition) is 1. The van der Waals surface area contributed by atoms with Gasteiger partial charge in [0.15, 0.2) is 0 Å². The van der Waals surface area contributed by atoms with Gasteiger partial charge in [-0.05, 0) is 6.42 Å². The van der Waals surface area contributed by atoms with Gasteiger partial charge >= 0.3 is 12.1 Å². The molecule has 0 saturated carbocycles. The van der Waals surface area contributed by atoms with Crippen molar-refractivity contribution < 1.29 is 23.1 Å². The number of carboxylic acid groups (broad SMARTS) is 1. The average Bonchev–Trinajstić information content (AvgIpc) is 2.73. The Morgan fingerprint density at radius 3 is 2.20 bits per heavy atom. The number of halogens is 3. The van der Waals surface area contributed by atoms with Crippen LogP contribution in [0.4, 0.5) is 13.2 Å². The predicted molar refractivity (Wildman–Crippen MR) is 42.8 cm³/mol. The molecule has 0 spiro atoms. The van der Waals surface area contributed by atoms with E-state index in [2.05, 4.69) is 11.0 Å². The second-order valence-corrected chi connectivity index (χ2v) is 3.47. The number of aliphatic carboxylic acids is 1. The molecule has 0 aliphatic carbocycles. The molecule has 7 heteroatoms. The number of rotatable bonds is 0. The Hall–Kier alpha value is -1.29. The maximum Gasteiger partial charge on any atom is 0.490 e. The lowest BCUT2D eigenvalue weighted by Crippen LogP contribution is -2.21. The van der Waals surface area contributed by atoms with Crippen LogP contribution in [0.2, 0.25) is 0 Å². The molecule has 2 rings (SSSR count). The molecule has 4 nitrogen and oxygen atoms in total. The molecule has 2 unspecified atom stereocenters. The lowest BCUT2D eigenvalue weighted by atomic mass is 10.1. The summed E-state index contributed by atoms with van der Waals surface area (Å²) in [5, 5.41) is 15.6. The normalized spacial score (nSPS) is 32.0. The van der Waals surface area contributed by atoms with Gasteiger partial charge in [-0.2, -0.15) is 18.4 Å². The Bertz CT molecular complexity index is 287. The van der Waals surface area contributed by atoms with Gasteiger partial charge in [-0.25, -0.2) is 4.79 Å². The standard InChI is InChI=1S/C6H8N2.C2HF3O2/c7-2-5-1-6-4-8(6)3-5;3-2(4,5)1(6)7/h5-6H,1,3-4H2;(H,6,7)/t5-,6?,8?;/m1./s1. The lowest BCUT2D eigenvalue weighted by molar-refractivity contribution is -0.192. The van der Waals surface area contributed by atoms with Crippen LogP contribution >= 0.6 is 0 Å².